The molecular weight excluding hydrogens is 272 g/mol. The maximum Gasteiger partial charge on any atom is 0.393 e. The van der Waals surface area contributed by atoms with Crippen molar-refractivity contribution in [3.05, 3.63) is 35.6 Å². The van der Waals surface area contributed by atoms with Crippen LogP contribution >= 0.6 is 0 Å². The molecule has 2 nitrogen and oxygen atoms in total. The molecule has 2 rings (SSSR count). The van der Waals surface area contributed by atoms with E-state index in [1.165, 1.54) is 12.1 Å². The Morgan fingerprint density at radius 1 is 1.25 bits per heavy atom. The Hall–Kier alpha value is -1.14. The molecule has 2 unspecified atom stereocenters. The van der Waals surface area contributed by atoms with Crippen LogP contribution in [0.5, 0.6) is 0 Å². The average Bonchev–Trinajstić information content (AvgIpc) is 2.41. The molecule has 1 saturated heterocycles. The maximum absolute atomic E-state index is 12.9. The highest BCUT2D eigenvalue weighted by atomic mass is 19.4. The molecule has 0 aliphatic carbocycles. The standard InChI is InChI=1S/C14H18F4N2/c15-12-5-3-10(4-6-12)13(8-19)20-7-1-2-11(9-20)14(16,17)18/h3-6,11,13H,1-2,7-9,19H2. The number of piperidine rings is 1. The van der Waals surface area contributed by atoms with E-state index in [1.54, 1.807) is 17.0 Å². The molecule has 0 saturated carbocycles. The van der Waals surface area contributed by atoms with E-state index in [9.17, 15) is 17.6 Å². The summed E-state index contributed by atoms with van der Waals surface area (Å²) in [5.41, 5.74) is 6.47. The van der Waals surface area contributed by atoms with Crippen LogP contribution in [0.25, 0.3) is 0 Å². The lowest BCUT2D eigenvalue weighted by Gasteiger charge is -2.38. The van der Waals surface area contributed by atoms with Crippen LogP contribution in [0.2, 0.25) is 0 Å². The zero-order chi connectivity index (χ0) is 14.8. The molecule has 1 aliphatic heterocycles. The molecule has 1 aromatic rings. The normalized spacial score (nSPS) is 22.8. The van der Waals surface area contributed by atoms with Crippen LogP contribution in [-0.2, 0) is 0 Å². The number of nitrogens with zero attached hydrogens (tertiary/aromatic N) is 1. The van der Waals surface area contributed by atoms with Gasteiger partial charge in [-0.25, -0.2) is 4.39 Å². The van der Waals surface area contributed by atoms with Crippen LogP contribution in [0, 0.1) is 11.7 Å². The molecule has 0 radical (unpaired) electrons. The van der Waals surface area contributed by atoms with Crippen LogP contribution in [0.4, 0.5) is 17.6 Å². The third kappa shape index (κ3) is 3.49. The van der Waals surface area contributed by atoms with E-state index in [1.807, 2.05) is 0 Å². The van der Waals surface area contributed by atoms with E-state index in [-0.39, 0.29) is 31.4 Å². The van der Waals surface area contributed by atoms with E-state index in [0.717, 1.165) is 5.56 Å². The molecule has 1 fully saturated rings. The molecule has 6 heteroatoms. The van der Waals surface area contributed by atoms with Gasteiger partial charge in [-0.3, -0.25) is 4.90 Å². The molecule has 20 heavy (non-hydrogen) atoms. The molecule has 0 spiro atoms. The van der Waals surface area contributed by atoms with Crippen molar-refractivity contribution in [1.29, 1.82) is 0 Å². The molecule has 0 bridgehead atoms. The predicted octanol–water partition coefficient (Wildman–Crippen LogP) is 3.10. The quantitative estimate of drug-likeness (QED) is 0.867. The van der Waals surface area contributed by atoms with Gasteiger partial charge in [0.15, 0.2) is 0 Å². The molecule has 1 heterocycles. The van der Waals surface area contributed by atoms with Crippen molar-refractivity contribution in [2.75, 3.05) is 19.6 Å². The third-order valence-corrected chi connectivity index (χ3v) is 3.83. The third-order valence-electron chi connectivity index (χ3n) is 3.83. The Labute approximate surface area is 115 Å². The minimum absolute atomic E-state index is 0.0389. The van der Waals surface area contributed by atoms with Crippen LogP contribution in [-0.4, -0.2) is 30.7 Å². The first-order valence-corrected chi connectivity index (χ1v) is 6.68. The van der Waals surface area contributed by atoms with Gasteiger partial charge in [0, 0.05) is 19.1 Å². The lowest BCUT2D eigenvalue weighted by molar-refractivity contribution is -0.188. The van der Waals surface area contributed by atoms with Crippen LogP contribution in [0.1, 0.15) is 24.4 Å². The van der Waals surface area contributed by atoms with Crippen LogP contribution < -0.4 is 5.73 Å². The van der Waals surface area contributed by atoms with Crippen molar-refractivity contribution in [1.82, 2.24) is 4.90 Å². The zero-order valence-corrected chi connectivity index (χ0v) is 11.0. The molecule has 2 atom stereocenters. The van der Waals surface area contributed by atoms with Gasteiger partial charge in [0.2, 0.25) is 0 Å². The summed E-state index contributed by atoms with van der Waals surface area (Å²) in [7, 11) is 0. The number of likely N-dealkylation sites (tertiary alicyclic amines) is 1. The Bertz CT molecular complexity index is 430. The molecule has 1 aliphatic rings. The lowest BCUT2D eigenvalue weighted by Crippen LogP contribution is -2.45. The van der Waals surface area contributed by atoms with Gasteiger partial charge in [-0.05, 0) is 37.1 Å². The van der Waals surface area contributed by atoms with Gasteiger partial charge in [0.05, 0.1) is 5.92 Å². The topological polar surface area (TPSA) is 29.3 Å². The minimum atomic E-state index is -4.17. The highest BCUT2D eigenvalue weighted by Crippen LogP contribution is 2.35. The summed E-state index contributed by atoms with van der Waals surface area (Å²) < 4.78 is 51.4. The number of hydrogen-bond acceptors (Lipinski definition) is 2. The van der Waals surface area contributed by atoms with Crippen molar-refractivity contribution in [3.8, 4) is 0 Å². The maximum atomic E-state index is 12.9. The Kier molecular flexibility index (Phi) is 4.65. The number of rotatable bonds is 3. The van der Waals surface area contributed by atoms with Gasteiger partial charge >= 0.3 is 6.18 Å². The van der Waals surface area contributed by atoms with Gasteiger partial charge in [0.1, 0.15) is 5.82 Å². The summed E-state index contributed by atoms with van der Waals surface area (Å²) in [6.45, 7) is 0.769. The van der Waals surface area contributed by atoms with Gasteiger partial charge in [-0.15, -0.1) is 0 Å². The molecule has 112 valence electrons. The second-order valence-electron chi connectivity index (χ2n) is 5.18. The highest BCUT2D eigenvalue weighted by Gasteiger charge is 2.42. The second kappa shape index (κ2) is 6.10. The summed E-state index contributed by atoms with van der Waals surface area (Å²) in [5.74, 6) is -1.66. The van der Waals surface area contributed by atoms with E-state index in [0.29, 0.717) is 13.0 Å². The van der Waals surface area contributed by atoms with Crippen molar-refractivity contribution in [2.45, 2.75) is 25.1 Å². The lowest BCUT2D eigenvalue weighted by atomic mass is 9.94. The van der Waals surface area contributed by atoms with Gasteiger partial charge < -0.3 is 5.73 Å². The largest absolute Gasteiger partial charge is 0.393 e. The highest BCUT2D eigenvalue weighted by molar-refractivity contribution is 5.20. The molecule has 2 N–H and O–H groups in total. The van der Waals surface area contributed by atoms with Crippen molar-refractivity contribution in [3.63, 3.8) is 0 Å². The van der Waals surface area contributed by atoms with Crippen molar-refractivity contribution in [2.24, 2.45) is 11.7 Å². The number of nitrogens with two attached hydrogens (primary N) is 1. The van der Waals surface area contributed by atoms with Gasteiger partial charge in [-0.1, -0.05) is 12.1 Å². The summed E-state index contributed by atoms with van der Waals surface area (Å²) in [6.07, 6.45) is -3.50. The summed E-state index contributed by atoms with van der Waals surface area (Å²) >= 11 is 0. The van der Waals surface area contributed by atoms with Gasteiger partial charge in [0.25, 0.3) is 0 Å². The molecular formula is C14H18F4N2. The SMILES string of the molecule is NCC(c1ccc(F)cc1)N1CCCC(C(F)(F)F)C1. The smallest absolute Gasteiger partial charge is 0.329 e. The summed E-state index contributed by atoms with van der Waals surface area (Å²) in [6, 6.07) is 5.50. The molecule has 0 aromatic heterocycles. The van der Waals surface area contributed by atoms with Crippen LogP contribution in [0.3, 0.4) is 0 Å². The fraction of sp³-hybridized carbons (Fsp3) is 0.571. The van der Waals surface area contributed by atoms with E-state index in [4.69, 9.17) is 5.73 Å². The van der Waals surface area contributed by atoms with Crippen molar-refractivity contribution >= 4 is 0 Å². The summed E-state index contributed by atoms with van der Waals surface area (Å²) in [4.78, 5) is 1.76. The van der Waals surface area contributed by atoms with E-state index in [2.05, 4.69) is 0 Å². The first-order chi connectivity index (χ1) is 9.41. The van der Waals surface area contributed by atoms with Gasteiger partial charge in [-0.2, -0.15) is 13.2 Å². The van der Waals surface area contributed by atoms with E-state index < -0.39 is 12.1 Å². The van der Waals surface area contributed by atoms with Crippen LogP contribution in [0.15, 0.2) is 24.3 Å². The minimum Gasteiger partial charge on any atom is -0.329 e. The Balaban J connectivity index is 2.13. The molecule has 0 amide bonds. The number of alkyl halides is 3. The number of benzene rings is 1. The predicted molar refractivity (Wildman–Crippen MR) is 68.5 cm³/mol. The number of hydrogen-bond donors (Lipinski definition) is 1. The first kappa shape index (κ1) is 15.3. The first-order valence-electron chi connectivity index (χ1n) is 6.68. The fourth-order valence-electron chi connectivity index (χ4n) is 2.74. The van der Waals surface area contributed by atoms with Crippen molar-refractivity contribution < 1.29 is 17.6 Å². The Morgan fingerprint density at radius 2 is 1.90 bits per heavy atom. The number of halogens is 4. The monoisotopic (exact) mass is 290 g/mol. The second-order valence-corrected chi connectivity index (χ2v) is 5.18. The average molecular weight is 290 g/mol. The Morgan fingerprint density at radius 3 is 2.45 bits per heavy atom. The fourth-order valence-corrected chi connectivity index (χ4v) is 2.74. The molecule has 1 aromatic carbocycles. The van der Waals surface area contributed by atoms with E-state index >= 15 is 0 Å². The zero-order valence-electron chi connectivity index (χ0n) is 11.0. The summed E-state index contributed by atoms with van der Waals surface area (Å²) in [5, 5.41) is 0.